The number of benzene rings is 1. The Morgan fingerprint density at radius 1 is 1.28 bits per heavy atom. The van der Waals surface area contributed by atoms with Crippen molar-refractivity contribution >= 4 is 29.0 Å². The summed E-state index contributed by atoms with van der Waals surface area (Å²) >= 11 is 5.91. The average Bonchev–Trinajstić information content (AvgIpc) is 3.15. The van der Waals surface area contributed by atoms with Gasteiger partial charge in [0, 0.05) is 23.5 Å². The number of carbonyl (C=O) groups is 1. The summed E-state index contributed by atoms with van der Waals surface area (Å²) in [7, 11) is 0. The SMILES string of the molecule is O=C(Nc1cccc(Cl)c1)c1ccc(NCC(O)C2CCCC2)nc1. The number of aromatic nitrogens is 1. The van der Waals surface area contributed by atoms with Gasteiger partial charge in [0.05, 0.1) is 11.7 Å². The molecule has 25 heavy (non-hydrogen) atoms. The van der Waals surface area contributed by atoms with Crippen LogP contribution in [-0.4, -0.2) is 28.6 Å². The molecule has 3 rings (SSSR count). The number of halogens is 1. The van der Waals surface area contributed by atoms with E-state index in [2.05, 4.69) is 15.6 Å². The van der Waals surface area contributed by atoms with Crippen LogP contribution in [0.4, 0.5) is 11.5 Å². The standard InChI is InChI=1S/C19H22ClN3O2/c20-15-6-3-7-16(10-15)23-19(25)14-8-9-18(21-11-14)22-12-17(24)13-4-1-2-5-13/h3,6-11,13,17,24H,1-2,4-5,12H2,(H,21,22)(H,23,25). The largest absolute Gasteiger partial charge is 0.391 e. The average molecular weight is 360 g/mol. The van der Waals surface area contributed by atoms with Crippen LogP contribution in [0.25, 0.3) is 0 Å². The maximum atomic E-state index is 12.2. The molecule has 1 fully saturated rings. The molecule has 1 aliphatic rings. The number of hydrogen-bond acceptors (Lipinski definition) is 4. The van der Waals surface area contributed by atoms with Crippen molar-refractivity contribution in [3.63, 3.8) is 0 Å². The van der Waals surface area contributed by atoms with E-state index in [-0.39, 0.29) is 12.0 Å². The van der Waals surface area contributed by atoms with Crippen molar-refractivity contribution in [1.29, 1.82) is 0 Å². The molecular formula is C19H22ClN3O2. The van der Waals surface area contributed by atoms with Gasteiger partial charge in [-0.15, -0.1) is 0 Å². The van der Waals surface area contributed by atoms with Crippen LogP contribution in [0.1, 0.15) is 36.0 Å². The van der Waals surface area contributed by atoms with E-state index in [0.29, 0.717) is 34.6 Å². The van der Waals surface area contributed by atoms with Crippen LogP contribution in [0, 0.1) is 5.92 Å². The van der Waals surface area contributed by atoms with Crippen LogP contribution >= 0.6 is 11.6 Å². The minimum atomic E-state index is -0.352. The van der Waals surface area contributed by atoms with Crippen LogP contribution in [-0.2, 0) is 0 Å². The lowest BCUT2D eigenvalue weighted by atomic mass is 10.0. The molecule has 0 aliphatic heterocycles. The molecule has 0 spiro atoms. The van der Waals surface area contributed by atoms with Crippen molar-refractivity contribution in [2.45, 2.75) is 31.8 Å². The number of rotatable bonds is 6. The molecule has 3 N–H and O–H groups in total. The minimum absolute atomic E-state index is 0.243. The molecule has 1 aromatic carbocycles. The number of nitrogens with zero attached hydrogens (tertiary/aromatic N) is 1. The number of hydrogen-bond donors (Lipinski definition) is 3. The van der Waals surface area contributed by atoms with Gasteiger partial charge in [0.2, 0.25) is 0 Å². The molecule has 0 bridgehead atoms. The van der Waals surface area contributed by atoms with E-state index in [1.54, 1.807) is 36.4 Å². The third kappa shape index (κ3) is 4.94. The van der Waals surface area contributed by atoms with E-state index >= 15 is 0 Å². The molecule has 132 valence electrons. The summed E-state index contributed by atoms with van der Waals surface area (Å²) in [6.45, 7) is 0.478. The summed E-state index contributed by atoms with van der Waals surface area (Å²) in [5.74, 6) is 0.791. The number of aliphatic hydroxyl groups is 1. The third-order valence-electron chi connectivity index (χ3n) is 4.54. The Morgan fingerprint density at radius 3 is 2.76 bits per heavy atom. The molecule has 1 saturated carbocycles. The fourth-order valence-corrected chi connectivity index (χ4v) is 3.31. The van der Waals surface area contributed by atoms with E-state index in [1.165, 1.54) is 19.0 Å². The second kappa shape index (κ2) is 8.32. The van der Waals surface area contributed by atoms with Gasteiger partial charge in [-0.25, -0.2) is 4.98 Å². The predicted molar refractivity (Wildman–Crippen MR) is 100 cm³/mol. The normalized spacial score (nSPS) is 15.8. The van der Waals surface area contributed by atoms with Gasteiger partial charge in [-0.05, 0) is 49.1 Å². The minimum Gasteiger partial charge on any atom is -0.391 e. The fourth-order valence-electron chi connectivity index (χ4n) is 3.12. The number of amides is 1. The molecule has 0 radical (unpaired) electrons. The summed E-state index contributed by atoms with van der Waals surface area (Å²) in [5.41, 5.74) is 1.10. The highest BCUT2D eigenvalue weighted by Crippen LogP contribution is 2.27. The van der Waals surface area contributed by atoms with E-state index in [9.17, 15) is 9.90 Å². The first-order chi connectivity index (χ1) is 12.1. The molecular weight excluding hydrogens is 338 g/mol. The van der Waals surface area contributed by atoms with E-state index in [1.807, 2.05) is 0 Å². The van der Waals surface area contributed by atoms with E-state index in [4.69, 9.17) is 11.6 Å². The van der Waals surface area contributed by atoms with Crippen molar-refractivity contribution in [3.05, 3.63) is 53.2 Å². The lowest BCUT2D eigenvalue weighted by Crippen LogP contribution is -2.27. The highest BCUT2D eigenvalue weighted by molar-refractivity contribution is 6.30. The number of carbonyl (C=O) groups excluding carboxylic acids is 1. The fraction of sp³-hybridized carbons (Fsp3) is 0.368. The van der Waals surface area contributed by atoms with Crippen LogP contribution < -0.4 is 10.6 Å². The quantitative estimate of drug-likeness (QED) is 0.730. The summed E-state index contributed by atoms with van der Waals surface area (Å²) in [6.07, 6.45) is 5.77. The van der Waals surface area contributed by atoms with Crippen LogP contribution in [0.15, 0.2) is 42.6 Å². The zero-order chi connectivity index (χ0) is 17.6. The Balaban J connectivity index is 1.53. The zero-order valence-electron chi connectivity index (χ0n) is 13.9. The number of anilines is 2. The van der Waals surface area contributed by atoms with Crippen molar-refractivity contribution < 1.29 is 9.90 Å². The highest BCUT2D eigenvalue weighted by atomic mass is 35.5. The second-order valence-electron chi connectivity index (χ2n) is 6.39. The topological polar surface area (TPSA) is 74.2 Å². The van der Waals surface area contributed by atoms with Gasteiger partial charge in [-0.1, -0.05) is 30.5 Å². The molecule has 1 aromatic heterocycles. The monoisotopic (exact) mass is 359 g/mol. The Kier molecular flexibility index (Phi) is 5.89. The first-order valence-electron chi connectivity index (χ1n) is 8.57. The maximum absolute atomic E-state index is 12.2. The maximum Gasteiger partial charge on any atom is 0.257 e. The Bertz CT molecular complexity index is 715. The predicted octanol–water partition coefficient (Wildman–Crippen LogP) is 3.95. The van der Waals surface area contributed by atoms with Crippen LogP contribution in [0.5, 0.6) is 0 Å². The first kappa shape index (κ1) is 17.7. The van der Waals surface area contributed by atoms with Gasteiger partial charge in [0.1, 0.15) is 5.82 Å². The lowest BCUT2D eigenvalue weighted by Gasteiger charge is -2.18. The van der Waals surface area contributed by atoms with Gasteiger partial charge in [0.15, 0.2) is 0 Å². The molecule has 1 unspecified atom stereocenters. The molecule has 1 aliphatic carbocycles. The summed E-state index contributed by atoms with van der Waals surface area (Å²) < 4.78 is 0. The Hall–Kier alpha value is -2.11. The molecule has 1 heterocycles. The third-order valence-corrected chi connectivity index (χ3v) is 4.78. The number of aliphatic hydroxyl groups excluding tert-OH is 1. The van der Waals surface area contributed by atoms with Gasteiger partial charge in [-0.2, -0.15) is 0 Å². The Labute approximate surface area is 152 Å². The summed E-state index contributed by atoms with van der Waals surface area (Å²) in [4.78, 5) is 16.5. The summed E-state index contributed by atoms with van der Waals surface area (Å²) in [5, 5.41) is 16.7. The molecule has 2 aromatic rings. The van der Waals surface area contributed by atoms with Gasteiger partial charge in [0.25, 0.3) is 5.91 Å². The number of pyridine rings is 1. The first-order valence-corrected chi connectivity index (χ1v) is 8.94. The molecule has 1 amide bonds. The number of nitrogens with one attached hydrogen (secondary N) is 2. The van der Waals surface area contributed by atoms with Gasteiger partial charge in [-0.3, -0.25) is 4.79 Å². The molecule has 0 saturated heterocycles. The molecule has 1 atom stereocenters. The van der Waals surface area contributed by atoms with Crippen molar-refractivity contribution in [2.24, 2.45) is 5.92 Å². The van der Waals surface area contributed by atoms with E-state index in [0.717, 1.165) is 12.8 Å². The lowest BCUT2D eigenvalue weighted by molar-refractivity contribution is 0.102. The summed E-state index contributed by atoms with van der Waals surface area (Å²) in [6, 6.07) is 10.4. The van der Waals surface area contributed by atoms with Crippen molar-refractivity contribution in [2.75, 3.05) is 17.2 Å². The smallest absolute Gasteiger partial charge is 0.257 e. The van der Waals surface area contributed by atoms with Crippen LogP contribution in [0.3, 0.4) is 0 Å². The van der Waals surface area contributed by atoms with Crippen molar-refractivity contribution in [1.82, 2.24) is 4.98 Å². The molecule has 5 nitrogen and oxygen atoms in total. The van der Waals surface area contributed by atoms with Crippen molar-refractivity contribution in [3.8, 4) is 0 Å². The second-order valence-corrected chi connectivity index (χ2v) is 6.83. The zero-order valence-corrected chi connectivity index (χ0v) is 14.7. The Morgan fingerprint density at radius 2 is 2.08 bits per heavy atom. The highest BCUT2D eigenvalue weighted by Gasteiger charge is 2.22. The molecule has 6 heteroatoms. The van der Waals surface area contributed by atoms with Gasteiger partial charge < -0.3 is 15.7 Å². The van der Waals surface area contributed by atoms with Gasteiger partial charge >= 0.3 is 0 Å². The van der Waals surface area contributed by atoms with Crippen LogP contribution in [0.2, 0.25) is 5.02 Å². The van der Waals surface area contributed by atoms with E-state index < -0.39 is 0 Å².